The Labute approximate surface area is 115 Å². The third-order valence-electron chi connectivity index (χ3n) is 3.45. The maximum atomic E-state index is 11.0. The minimum atomic E-state index is -0.958. The molecule has 1 aliphatic rings. The maximum absolute atomic E-state index is 11.0. The van der Waals surface area contributed by atoms with Gasteiger partial charge < -0.3 is 10.0 Å². The Morgan fingerprint density at radius 1 is 1.47 bits per heavy atom. The van der Waals surface area contributed by atoms with Gasteiger partial charge in [-0.25, -0.2) is 9.78 Å². The van der Waals surface area contributed by atoms with Gasteiger partial charge in [0, 0.05) is 29.7 Å². The van der Waals surface area contributed by atoms with E-state index >= 15 is 0 Å². The zero-order chi connectivity index (χ0) is 13.6. The Kier molecular flexibility index (Phi) is 2.78. The number of hydrogen-bond donors (Lipinski definition) is 1. The molecular weight excluding hydrogens is 260 g/mol. The van der Waals surface area contributed by atoms with Crippen LogP contribution in [0.4, 0.5) is 5.69 Å². The molecule has 19 heavy (non-hydrogen) atoms. The summed E-state index contributed by atoms with van der Waals surface area (Å²) in [4.78, 5) is 18.2. The normalized spacial score (nSPS) is 13.7. The molecule has 1 aromatic heterocycles. The summed E-state index contributed by atoms with van der Waals surface area (Å²) < 4.78 is 0. The molecule has 0 fully saturated rings. The first-order chi connectivity index (χ1) is 9.06. The molecule has 2 aromatic rings. The monoisotopic (exact) mass is 274 g/mol. The van der Waals surface area contributed by atoms with Gasteiger partial charge in [-0.1, -0.05) is 0 Å². The summed E-state index contributed by atoms with van der Waals surface area (Å²) in [6.45, 7) is 2.84. The van der Waals surface area contributed by atoms with E-state index in [1.165, 1.54) is 22.6 Å². The van der Waals surface area contributed by atoms with Gasteiger partial charge in [-0.2, -0.15) is 0 Å². The number of anilines is 1. The molecule has 1 N–H and O–H groups in total. The second-order valence-corrected chi connectivity index (χ2v) is 5.95. The van der Waals surface area contributed by atoms with E-state index in [0.717, 1.165) is 28.4 Å². The number of rotatable bonds is 2. The number of carboxylic acids is 1. The lowest BCUT2D eigenvalue weighted by Gasteiger charge is -2.11. The molecule has 1 aromatic carbocycles. The van der Waals surface area contributed by atoms with Crippen molar-refractivity contribution in [3.05, 3.63) is 34.3 Å². The van der Waals surface area contributed by atoms with Gasteiger partial charge in [0.1, 0.15) is 5.01 Å². The molecular formula is C14H14N2O2S. The molecule has 0 saturated heterocycles. The van der Waals surface area contributed by atoms with Crippen LogP contribution in [0.25, 0.3) is 10.6 Å². The summed E-state index contributed by atoms with van der Waals surface area (Å²) in [6.07, 6.45) is 1.04. The number of fused-ring (bicyclic) bond motifs is 1. The Bertz CT molecular complexity index is 663. The molecule has 98 valence electrons. The molecule has 0 radical (unpaired) electrons. The lowest BCUT2D eigenvalue weighted by molar-refractivity contribution is 0.0690. The van der Waals surface area contributed by atoms with Crippen molar-refractivity contribution < 1.29 is 9.90 Å². The number of nitrogens with zero attached hydrogens (tertiary/aromatic N) is 2. The van der Waals surface area contributed by atoms with Crippen molar-refractivity contribution in [3.8, 4) is 10.6 Å². The number of aryl methyl sites for hydroxylation is 1. The number of likely N-dealkylation sites (N-methyl/N-ethyl adjacent to an activating group) is 1. The first-order valence-corrected chi connectivity index (χ1v) is 6.93. The number of aromatic carboxylic acids is 1. The Morgan fingerprint density at radius 3 is 2.95 bits per heavy atom. The third-order valence-corrected chi connectivity index (χ3v) is 4.47. The predicted octanol–water partition coefficient (Wildman–Crippen LogP) is 2.81. The molecule has 3 rings (SSSR count). The van der Waals surface area contributed by atoms with E-state index in [1.807, 2.05) is 6.07 Å². The molecule has 0 bridgehead atoms. The summed E-state index contributed by atoms with van der Waals surface area (Å²) in [5.41, 5.74) is 3.74. The van der Waals surface area contributed by atoms with Crippen molar-refractivity contribution in [1.29, 1.82) is 0 Å². The van der Waals surface area contributed by atoms with Crippen LogP contribution in [0, 0.1) is 6.92 Å². The number of thiazole rings is 1. The summed E-state index contributed by atoms with van der Waals surface area (Å²) >= 11 is 1.44. The van der Waals surface area contributed by atoms with Crippen molar-refractivity contribution in [2.45, 2.75) is 13.3 Å². The third kappa shape index (κ3) is 2.00. The Morgan fingerprint density at radius 2 is 2.26 bits per heavy atom. The molecule has 4 nitrogen and oxygen atoms in total. The molecule has 2 heterocycles. The first kappa shape index (κ1) is 12.2. The fraction of sp³-hybridized carbons (Fsp3) is 0.286. The largest absolute Gasteiger partial charge is 0.476 e. The van der Waals surface area contributed by atoms with E-state index in [2.05, 4.69) is 29.1 Å². The van der Waals surface area contributed by atoms with Crippen molar-refractivity contribution >= 4 is 23.0 Å². The Hall–Kier alpha value is -1.88. The van der Waals surface area contributed by atoms with Crippen molar-refractivity contribution in [2.75, 3.05) is 18.5 Å². The van der Waals surface area contributed by atoms with Crippen LogP contribution in [0.5, 0.6) is 0 Å². The lowest BCUT2D eigenvalue weighted by Crippen LogP contribution is -2.12. The van der Waals surface area contributed by atoms with Gasteiger partial charge >= 0.3 is 5.97 Å². The fourth-order valence-corrected chi connectivity index (χ4v) is 3.32. The Balaban J connectivity index is 2.04. The van der Waals surface area contributed by atoms with Crippen LogP contribution in [-0.4, -0.2) is 29.7 Å². The molecule has 5 heteroatoms. The topological polar surface area (TPSA) is 53.4 Å². The molecule has 0 saturated carbocycles. The van der Waals surface area contributed by atoms with Crippen LogP contribution in [0.15, 0.2) is 18.2 Å². The van der Waals surface area contributed by atoms with Crippen molar-refractivity contribution in [2.24, 2.45) is 0 Å². The van der Waals surface area contributed by atoms with E-state index in [0.29, 0.717) is 0 Å². The minimum absolute atomic E-state index is 0.164. The minimum Gasteiger partial charge on any atom is -0.476 e. The van der Waals surface area contributed by atoms with Crippen LogP contribution < -0.4 is 4.90 Å². The fourth-order valence-electron chi connectivity index (χ4n) is 2.42. The van der Waals surface area contributed by atoms with Crippen LogP contribution in [0.2, 0.25) is 0 Å². The van der Waals surface area contributed by atoms with Crippen LogP contribution in [0.1, 0.15) is 20.9 Å². The number of hydrogen-bond acceptors (Lipinski definition) is 4. The molecule has 0 unspecified atom stereocenters. The highest BCUT2D eigenvalue weighted by molar-refractivity contribution is 7.15. The van der Waals surface area contributed by atoms with Gasteiger partial charge in [0.25, 0.3) is 0 Å². The number of benzene rings is 1. The van der Waals surface area contributed by atoms with Gasteiger partial charge in [0.2, 0.25) is 0 Å². The summed E-state index contributed by atoms with van der Waals surface area (Å²) in [6, 6.07) is 6.24. The van der Waals surface area contributed by atoms with Crippen LogP contribution >= 0.6 is 11.3 Å². The van der Waals surface area contributed by atoms with E-state index in [4.69, 9.17) is 5.11 Å². The van der Waals surface area contributed by atoms with Gasteiger partial charge in [-0.3, -0.25) is 0 Å². The molecule has 0 amide bonds. The first-order valence-electron chi connectivity index (χ1n) is 6.11. The second kappa shape index (κ2) is 4.35. The molecule has 0 aliphatic carbocycles. The maximum Gasteiger partial charge on any atom is 0.355 e. The summed E-state index contributed by atoms with van der Waals surface area (Å²) in [5, 5.41) is 9.84. The van der Waals surface area contributed by atoms with E-state index < -0.39 is 5.97 Å². The zero-order valence-electron chi connectivity index (χ0n) is 10.8. The highest BCUT2D eigenvalue weighted by Gasteiger charge is 2.19. The summed E-state index contributed by atoms with van der Waals surface area (Å²) in [7, 11) is 2.08. The predicted molar refractivity (Wildman–Crippen MR) is 76.2 cm³/mol. The second-order valence-electron chi connectivity index (χ2n) is 4.74. The average molecular weight is 274 g/mol. The standard InChI is InChI=1S/C14H14N2O2S/c1-8-12(14(17)18)15-13(19-8)10-3-4-11-9(7-10)5-6-16(11)2/h3-4,7H,5-6H2,1-2H3,(H,17,18). The molecule has 1 aliphatic heterocycles. The van der Waals surface area contributed by atoms with Crippen molar-refractivity contribution in [3.63, 3.8) is 0 Å². The number of carbonyl (C=O) groups is 1. The van der Waals surface area contributed by atoms with Crippen LogP contribution in [-0.2, 0) is 6.42 Å². The van der Waals surface area contributed by atoms with Gasteiger partial charge in [0.05, 0.1) is 0 Å². The summed E-state index contributed by atoms with van der Waals surface area (Å²) in [5.74, 6) is -0.958. The van der Waals surface area contributed by atoms with Crippen molar-refractivity contribution in [1.82, 2.24) is 4.98 Å². The molecule has 0 atom stereocenters. The van der Waals surface area contributed by atoms with E-state index in [1.54, 1.807) is 6.92 Å². The SMILES string of the molecule is Cc1sc(-c2ccc3c(c2)CCN3C)nc1C(=O)O. The highest BCUT2D eigenvalue weighted by atomic mass is 32.1. The van der Waals surface area contributed by atoms with Gasteiger partial charge in [0.15, 0.2) is 5.69 Å². The zero-order valence-corrected chi connectivity index (χ0v) is 11.6. The van der Waals surface area contributed by atoms with Gasteiger partial charge in [-0.15, -0.1) is 11.3 Å². The smallest absolute Gasteiger partial charge is 0.355 e. The van der Waals surface area contributed by atoms with E-state index in [-0.39, 0.29) is 5.69 Å². The van der Waals surface area contributed by atoms with E-state index in [9.17, 15) is 4.79 Å². The number of aromatic nitrogens is 1. The lowest BCUT2D eigenvalue weighted by atomic mass is 10.1. The average Bonchev–Trinajstić information content (AvgIpc) is 2.93. The van der Waals surface area contributed by atoms with Gasteiger partial charge in [-0.05, 0) is 37.1 Å². The highest BCUT2D eigenvalue weighted by Crippen LogP contribution is 2.33. The quantitative estimate of drug-likeness (QED) is 0.915. The molecule has 0 spiro atoms. The number of carboxylic acid groups (broad SMARTS) is 1. The van der Waals surface area contributed by atoms with Crippen LogP contribution in [0.3, 0.4) is 0 Å².